The van der Waals surface area contributed by atoms with E-state index < -0.39 is 0 Å². The van der Waals surface area contributed by atoms with Crippen LogP contribution in [0.25, 0.3) is 0 Å². The average Bonchev–Trinajstić information content (AvgIpc) is 2.71. The average molecular weight is 309 g/mol. The standard InChI is InChI=1S/C15H17ClN2O3/c1-4-20-15(19)11-5-7-12(8-6-11)21-9-13-10(2)17-18(3)14(13)16/h5-8H,4,9H2,1-3H3. The van der Waals surface area contributed by atoms with Gasteiger partial charge in [0, 0.05) is 12.6 Å². The van der Waals surface area contributed by atoms with Gasteiger partial charge in [-0.05, 0) is 38.1 Å². The first kappa shape index (κ1) is 15.4. The molecule has 0 fully saturated rings. The second kappa shape index (κ2) is 6.63. The van der Waals surface area contributed by atoms with Crippen molar-refractivity contribution >= 4 is 17.6 Å². The van der Waals surface area contributed by atoms with Crippen molar-refractivity contribution in [2.45, 2.75) is 20.5 Å². The van der Waals surface area contributed by atoms with Crippen LogP contribution in [0.4, 0.5) is 0 Å². The Morgan fingerprint density at radius 1 is 1.33 bits per heavy atom. The fourth-order valence-corrected chi connectivity index (χ4v) is 2.12. The normalized spacial score (nSPS) is 10.5. The van der Waals surface area contributed by atoms with Crippen molar-refractivity contribution in [3.63, 3.8) is 0 Å². The third-order valence-corrected chi connectivity index (χ3v) is 3.49. The first-order valence-corrected chi connectivity index (χ1v) is 6.98. The van der Waals surface area contributed by atoms with Crippen LogP contribution >= 0.6 is 11.6 Å². The molecule has 0 amide bonds. The van der Waals surface area contributed by atoms with E-state index in [9.17, 15) is 4.79 Å². The highest BCUT2D eigenvalue weighted by molar-refractivity contribution is 6.30. The van der Waals surface area contributed by atoms with Crippen LogP contribution in [0.15, 0.2) is 24.3 Å². The lowest BCUT2D eigenvalue weighted by molar-refractivity contribution is 0.0526. The molecule has 0 radical (unpaired) electrons. The Labute approximate surface area is 128 Å². The predicted molar refractivity (Wildman–Crippen MR) is 79.7 cm³/mol. The van der Waals surface area contributed by atoms with Gasteiger partial charge in [0.1, 0.15) is 17.5 Å². The van der Waals surface area contributed by atoms with E-state index in [0.29, 0.717) is 29.7 Å². The number of carbonyl (C=O) groups is 1. The Balaban J connectivity index is 2.02. The zero-order valence-electron chi connectivity index (χ0n) is 12.2. The zero-order chi connectivity index (χ0) is 15.4. The molecule has 0 saturated heterocycles. The van der Waals surface area contributed by atoms with Gasteiger partial charge in [-0.15, -0.1) is 0 Å². The van der Waals surface area contributed by atoms with Crippen molar-refractivity contribution in [3.05, 3.63) is 46.2 Å². The number of aryl methyl sites for hydroxylation is 2. The van der Waals surface area contributed by atoms with E-state index in [1.807, 2.05) is 6.92 Å². The second-order valence-corrected chi connectivity index (χ2v) is 4.87. The molecular weight excluding hydrogens is 292 g/mol. The summed E-state index contributed by atoms with van der Waals surface area (Å²) in [5.74, 6) is 0.317. The lowest BCUT2D eigenvalue weighted by Crippen LogP contribution is -2.04. The number of hydrogen-bond donors (Lipinski definition) is 0. The van der Waals surface area contributed by atoms with Crippen LogP contribution in [0.1, 0.15) is 28.5 Å². The molecule has 0 atom stereocenters. The Hall–Kier alpha value is -2.01. The number of benzene rings is 1. The molecule has 1 heterocycles. The van der Waals surface area contributed by atoms with Gasteiger partial charge in [0.2, 0.25) is 0 Å². The lowest BCUT2D eigenvalue weighted by Gasteiger charge is -2.07. The van der Waals surface area contributed by atoms with Gasteiger partial charge in [-0.2, -0.15) is 5.10 Å². The molecule has 0 aliphatic rings. The minimum Gasteiger partial charge on any atom is -0.489 e. The van der Waals surface area contributed by atoms with Crippen LogP contribution in [0.5, 0.6) is 5.75 Å². The number of rotatable bonds is 5. The molecule has 1 aromatic carbocycles. The molecule has 0 N–H and O–H groups in total. The zero-order valence-corrected chi connectivity index (χ0v) is 13.0. The molecule has 0 bridgehead atoms. The van der Waals surface area contributed by atoms with Crippen molar-refractivity contribution in [2.75, 3.05) is 6.61 Å². The van der Waals surface area contributed by atoms with Crippen LogP contribution in [-0.4, -0.2) is 22.4 Å². The Morgan fingerprint density at radius 3 is 2.52 bits per heavy atom. The Kier molecular flexibility index (Phi) is 4.85. The SMILES string of the molecule is CCOC(=O)c1ccc(OCc2c(C)nn(C)c2Cl)cc1. The molecule has 2 rings (SSSR count). The molecule has 0 spiro atoms. The van der Waals surface area contributed by atoms with E-state index in [2.05, 4.69) is 5.10 Å². The van der Waals surface area contributed by atoms with E-state index >= 15 is 0 Å². The fourth-order valence-electron chi connectivity index (χ4n) is 1.90. The maximum Gasteiger partial charge on any atom is 0.338 e. The number of aromatic nitrogens is 2. The summed E-state index contributed by atoms with van der Waals surface area (Å²) in [4.78, 5) is 11.5. The number of hydrogen-bond acceptors (Lipinski definition) is 4. The van der Waals surface area contributed by atoms with Gasteiger partial charge in [-0.25, -0.2) is 4.79 Å². The lowest BCUT2D eigenvalue weighted by atomic mass is 10.2. The highest BCUT2D eigenvalue weighted by atomic mass is 35.5. The third kappa shape index (κ3) is 3.55. The highest BCUT2D eigenvalue weighted by Gasteiger charge is 2.12. The molecule has 2 aromatic rings. The summed E-state index contributed by atoms with van der Waals surface area (Å²) >= 11 is 6.14. The summed E-state index contributed by atoms with van der Waals surface area (Å²) in [6.07, 6.45) is 0. The third-order valence-electron chi connectivity index (χ3n) is 3.02. The van der Waals surface area contributed by atoms with E-state index in [1.54, 1.807) is 42.9 Å². The van der Waals surface area contributed by atoms with Crippen LogP contribution in [0.2, 0.25) is 5.15 Å². The van der Waals surface area contributed by atoms with Crippen LogP contribution in [0.3, 0.4) is 0 Å². The fraction of sp³-hybridized carbons (Fsp3) is 0.333. The van der Waals surface area contributed by atoms with Crippen LogP contribution in [-0.2, 0) is 18.4 Å². The molecule has 1 aromatic heterocycles. The molecule has 0 saturated carbocycles. The highest BCUT2D eigenvalue weighted by Crippen LogP contribution is 2.21. The minimum atomic E-state index is -0.338. The summed E-state index contributed by atoms with van der Waals surface area (Å²) in [7, 11) is 1.78. The Bertz CT molecular complexity index is 635. The topological polar surface area (TPSA) is 53.4 Å². The van der Waals surface area contributed by atoms with E-state index in [0.717, 1.165) is 11.3 Å². The molecule has 6 heteroatoms. The number of ether oxygens (including phenoxy) is 2. The van der Waals surface area contributed by atoms with Crippen LogP contribution in [0, 0.1) is 6.92 Å². The smallest absolute Gasteiger partial charge is 0.338 e. The number of carbonyl (C=O) groups excluding carboxylic acids is 1. The first-order chi connectivity index (χ1) is 10.0. The minimum absolute atomic E-state index is 0.331. The molecule has 112 valence electrons. The molecule has 0 unspecified atom stereocenters. The van der Waals surface area contributed by atoms with Gasteiger partial charge in [0.05, 0.1) is 17.9 Å². The second-order valence-electron chi connectivity index (χ2n) is 4.51. The van der Waals surface area contributed by atoms with Crippen molar-refractivity contribution in [1.29, 1.82) is 0 Å². The van der Waals surface area contributed by atoms with E-state index in [4.69, 9.17) is 21.1 Å². The number of halogens is 1. The maximum absolute atomic E-state index is 11.5. The van der Waals surface area contributed by atoms with Crippen LogP contribution < -0.4 is 4.74 Å². The molecular formula is C15H17ClN2O3. The van der Waals surface area contributed by atoms with Gasteiger partial charge >= 0.3 is 5.97 Å². The summed E-state index contributed by atoms with van der Waals surface area (Å²) in [6, 6.07) is 6.80. The van der Waals surface area contributed by atoms with E-state index in [1.165, 1.54) is 0 Å². The van der Waals surface area contributed by atoms with Crippen molar-refractivity contribution < 1.29 is 14.3 Å². The van der Waals surface area contributed by atoms with Crippen molar-refractivity contribution in [2.24, 2.45) is 7.05 Å². The maximum atomic E-state index is 11.5. The quantitative estimate of drug-likeness (QED) is 0.796. The molecule has 21 heavy (non-hydrogen) atoms. The van der Waals surface area contributed by atoms with Gasteiger partial charge < -0.3 is 9.47 Å². The molecule has 5 nitrogen and oxygen atoms in total. The number of nitrogens with zero attached hydrogens (tertiary/aromatic N) is 2. The summed E-state index contributed by atoms with van der Waals surface area (Å²) in [6.45, 7) is 4.34. The molecule has 0 aliphatic heterocycles. The summed E-state index contributed by atoms with van der Waals surface area (Å²) in [5, 5.41) is 4.79. The van der Waals surface area contributed by atoms with Gasteiger partial charge in [0.15, 0.2) is 0 Å². The van der Waals surface area contributed by atoms with E-state index in [-0.39, 0.29) is 5.97 Å². The molecule has 0 aliphatic carbocycles. The van der Waals surface area contributed by atoms with Crippen molar-refractivity contribution in [1.82, 2.24) is 9.78 Å². The largest absolute Gasteiger partial charge is 0.489 e. The Morgan fingerprint density at radius 2 is 2.00 bits per heavy atom. The summed E-state index contributed by atoms with van der Waals surface area (Å²) in [5.41, 5.74) is 2.19. The van der Waals surface area contributed by atoms with Gasteiger partial charge in [-0.1, -0.05) is 11.6 Å². The van der Waals surface area contributed by atoms with Gasteiger partial charge in [-0.3, -0.25) is 4.68 Å². The van der Waals surface area contributed by atoms with Gasteiger partial charge in [0.25, 0.3) is 0 Å². The monoisotopic (exact) mass is 308 g/mol. The summed E-state index contributed by atoms with van der Waals surface area (Å²) < 4.78 is 12.2. The van der Waals surface area contributed by atoms with Crippen molar-refractivity contribution in [3.8, 4) is 5.75 Å². The predicted octanol–water partition coefficient (Wildman–Crippen LogP) is 3.14. The first-order valence-electron chi connectivity index (χ1n) is 6.61. The number of esters is 1.